The number of furan rings is 1. The molecule has 1 N–H and O–H groups in total. The van der Waals surface area contributed by atoms with E-state index < -0.39 is 0 Å². The SMILES string of the molecule is Cc1cc(C(C)N2CC3CNCC3C2(C)C)c(C)o1. The highest BCUT2D eigenvalue weighted by Crippen LogP contribution is 2.45. The molecule has 0 bridgehead atoms. The summed E-state index contributed by atoms with van der Waals surface area (Å²) in [5.41, 5.74) is 1.63. The second kappa shape index (κ2) is 4.35. The Morgan fingerprint density at radius 3 is 2.68 bits per heavy atom. The lowest BCUT2D eigenvalue weighted by Crippen LogP contribution is -2.45. The molecule has 0 radical (unpaired) electrons. The summed E-state index contributed by atoms with van der Waals surface area (Å²) < 4.78 is 5.72. The predicted octanol–water partition coefficient (Wildman–Crippen LogP) is 2.89. The van der Waals surface area contributed by atoms with E-state index in [0.29, 0.717) is 6.04 Å². The monoisotopic (exact) mass is 262 g/mol. The van der Waals surface area contributed by atoms with Gasteiger partial charge in [-0.1, -0.05) is 0 Å². The molecule has 19 heavy (non-hydrogen) atoms. The van der Waals surface area contributed by atoms with Gasteiger partial charge in [0.25, 0.3) is 0 Å². The molecule has 2 saturated heterocycles. The summed E-state index contributed by atoms with van der Waals surface area (Å²) in [6.07, 6.45) is 0. The highest BCUT2D eigenvalue weighted by Gasteiger charge is 2.51. The van der Waals surface area contributed by atoms with Crippen LogP contribution in [0.5, 0.6) is 0 Å². The van der Waals surface area contributed by atoms with Gasteiger partial charge in [0, 0.05) is 30.2 Å². The van der Waals surface area contributed by atoms with E-state index in [9.17, 15) is 0 Å². The lowest BCUT2D eigenvalue weighted by molar-refractivity contribution is 0.0963. The first-order valence-corrected chi connectivity index (χ1v) is 7.45. The van der Waals surface area contributed by atoms with Crippen molar-refractivity contribution in [1.29, 1.82) is 0 Å². The van der Waals surface area contributed by atoms with Gasteiger partial charge in [-0.2, -0.15) is 0 Å². The minimum Gasteiger partial charge on any atom is -0.466 e. The van der Waals surface area contributed by atoms with Crippen LogP contribution >= 0.6 is 0 Å². The molecule has 2 aliphatic rings. The second-order valence-electron chi connectivity index (χ2n) is 6.88. The molecule has 0 aromatic carbocycles. The standard InChI is InChI=1S/C16H26N2O/c1-10-6-14(12(3)19-10)11(2)18-9-13-7-17-8-15(13)16(18,4)5/h6,11,13,15,17H,7-9H2,1-5H3. The van der Waals surface area contributed by atoms with Gasteiger partial charge in [0.15, 0.2) is 0 Å². The van der Waals surface area contributed by atoms with Crippen molar-refractivity contribution in [3.63, 3.8) is 0 Å². The first kappa shape index (κ1) is 13.2. The molecule has 0 aliphatic carbocycles. The summed E-state index contributed by atoms with van der Waals surface area (Å²) in [6, 6.07) is 2.65. The molecule has 3 atom stereocenters. The van der Waals surface area contributed by atoms with E-state index in [2.05, 4.69) is 44.0 Å². The van der Waals surface area contributed by atoms with E-state index in [1.807, 2.05) is 6.92 Å². The summed E-state index contributed by atoms with van der Waals surface area (Å²) in [4.78, 5) is 2.68. The molecule has 2 fully saturated rings. The second-order valence-corrected chi connectivity index (χ2v) is 6.88. The van der Waals surface area contributed by atoms with Crippen molar-refractivity contribution in [1.82, 2.24) is 10.2 Å². The lowest BCUT2D eigenvalue weighted by atomic mass is 9.84. The average Bonchev–Trinajstić information content (AvgIpc) is 2.96. The Bertz CT molecular complexity index is 477. The third kappa shape index (κ3) is 1.95. The third-order valence-corrected chi connectivity index (χ3v) is 5.42. The molecule has 1 aromatic heterocycles. The molecule has 2 aliphatic heterocycles. The number of nitrogens with zero attached hydrogens (tertiary/aromatic N) is 1. The van der Waals surface area contributed by atoms with Crippen molar-refractivity contribution in [3.05, 3.63) is 23.2 Å². The van der Waals surface area contributed by atoms with Gasteiger partial charge < -0.3 is 9.73 Å². The number of hydrogen-bond donors (Lipinski definition) is 1. The maximum absolute atomic E-state index is 5.72. The van der Waals surface area contributed by atoms with Crippen molar-refractivity contribution in [2.45, 2.75) is 46.2 Å². The van der Waals surface area contributed by atoms with Crippen molar-refractivity contribution in [2.75, 3.05) is 19.6 Å². The zero-order valence-corrected chi connectivity index (χ0v) is 12.8. The Kier molecular flexibility index (Phi) is 3.02. The molecule has 1 aromatic rings. The van der Waals surface area contributed by atoms with Crippen LogP contribution in [0.4, 0.5) is 0 Å². The van der Waals surface area contributed by atoms with Gasteiger partial charge in [-0.3, -0.25) is 4.90 Å². The van der Waals surface area contributed by atoms with Gasteiger partial charge in [0.2, 0.25) is 0 Å². The Morgan fingerprint density at radius 1 is 1.37 bits per heavy atom. The summed E-state index contributed by atoms with van der Waals surface area (Å²) in [5, 5.41) is 3.55. The highest BCUT2D eigenvalue weighted by molar-refractivity contribution is 5.25. The van der Waals surface area contributed by atoms with Crippen molar-refractivity contribution >= 4 is 0 Å². The maximum Gasteiger partial charge on any atom is 0.105 e. The molecule has 3 heteroatoms. The first-order valence-electron chi connectivity index (χ1n) is 7.45. The minimum atomic E-state index is 0.269. The van der Waals surface area contributed by atoms with Crippen LogP contribution in [0.15, 0.2) is 10.5 Å². The predicted molar refractivity (Wildman–Crippen MR) is 77.2 cm³/mol. The minimum absolute atomic E-state index is 0.269. The van der Waals surface area contributed by atoms with Crippen LogP contribution in [0.25, 0.3) is 0 Å². The average molecular weight is 262 g/mol. The van der Waals surface area contributed by atoms with Gasteiger partial charge in [-0.05, 0) is 59.1 Å². The lowest BCUT2D eigenvalue weighted by Gasteiger charge is -2.39. The van der Waals surface area contributed by atoms with Gasteiger partial charge >= 0.3 is 0 Å². The van der Waals surface area contributed by atoms with Gasteiger partial charge in [0.05, 0.1) is 0 Å². The quantitative estimate of drug-likeness (QED) is 0.888. The van der Waals surface area contributed by atoms with E-state index in [1.54, 1.807) is 0 Å². The Morgan fingerprint density at radius 2 is 2.11 bits per heavy atom. The van der Waals surface area contributed by atoms with Crippen molar-refractivity contribution < 1.29 is 4.42 Å². The van der Waals surface area contributed by atoms with E-state index in [-0.39, 0.29) is 5.54 Å². The molecule has 3 rings (SSSR count). The van der Waals surface area contributed by atoms with Crippen molar-refractivity contribution in [3.8, 4) is 0 Å². The largest absolute Gasteiger partial charge is 0.466 e. The fourth-order valence-electron chi connectivity index (χ4n) is 4.34. The van der Waals surface area contributed by atoms with Gasteiger partial charge in [0.1, 0.15) is 11.5 Å². The molecule has 0 amide bonds. The fraction of sp³-hybridized carbons (Fsp3) is 0.750. The van der Waals surface area contributed by atoms with E-state index >= 15 is 0 Å². The van der Waals surface area contributed by atoms with Crippen LogP contribution in [0.1, 0.15) is 43.9 Å². The van der Waals surface area contributed by atoms with Crippen LogP contribution < -0.4 is 5.32 Å². The fourth-order valence-corrected chi connectivity index (χ4v) is 4.34. The first-order chi connectivity index (χ1) is 8.91. The number of fused-ring (bicyclic) bond motifs is 1. The van der Waals surface area contributed by atoms with Gasteiger partial charge in [-0.25, -0.2) is 0 Å². The normalized spacial score (nSPS) is 31.6. The van der Waals surface area contributed by atoms with Crippen LogP contribution in [0, 0.1) is 25.7 Å². The third-order valence-electron chi connectivity index (χ3n) is 5.42. The smallest absolute Gasteiger partial charge is 0.105 e. The molecular weight excluding hydrogens is 236 g/mol. The van der Waals surface area contributed by atoms with E-state index in [4.69, 9.17) is 4.42 Å². The number of aryl methyl sites for hydroxylation is 2. The van der Waals surface area contributed by atoms with Crippen molar-refractivity contribution in [2.24, 2.45) is 11.8 Å². The van der Waals surface area contributed by atoms with Crippen LogP contribution in [-0.2, 0) is 0 Å². The molecule has 106 valence electrons. The summed E-state index contributed by atoms with van der Waals surface area (Å²) >= 11 is 0. The number of nitrogens with one attached hydrogen (secondary N) is 1. The molecule has 0 saturated carbocycles. The molecular formula is C16H26N2O. The Balaban J connectivity index is 1.88. The topological polar surface area (TPSA) is 28.4 Å². The maximum atomic E-state index is 5.72. The molecule has 3 heterocycles. The molecule has 0 spiro atoms. The van der Waals surface area contributed by atoms with E-state index in [1.165, 1.54) is 25.2 Å². The summed E-state index contributed by atoms with van der Waals surface area (Å²) in [7, 11) is 0. The van der Waals surface area contributed by atoms with Crippen LogP contribution in [0.2, 0.25) is 0 Å². The Labute approximate surface area is 116 Å². The number of likely N-dealkylation sites (tertiary alicyclic amines) is 1. The highest BCUT2D eigenvalue weighted by atomic mass is 16.3. The van der Waals surface area contributed by atoms with Crippen LogP contribution in [-0.4, -0.2) is 30.1 Å². The summed E-state index contributed by atoms with van der Waals surface area (Å²) in [6.45, 7) is 14.8. The molecule has 3 unspecified atom stereocenters. The Hall–Kier alpha value is -0.800. The number of hydrogen-bond acceptors (Lipinski definition) is 3. The molecule has 3 nitrogen and oxygen atoms in total. The van der Waals surface area contributed by atoms with E-state index in [0.717, 1.165) is 23.4 Å². The van der Waals surface area contributed by atoms with Crippen LogP contribution in [0.3, 0.4) is 0 Å². The zero-order chi connectivity index (χ0) is 13.8. The number of rotatable bonds is 2. The summed E-state index contributed by atoms with van der Waals surface area (Å²) in [5.74, 6) is 3.70. The van der Waals surface area contributed by atoms with Gasteiger partial charge in [-0.15, -0.1) is 0 Å². The zero-order valence-electron chi connectivity index (χ0n) is 12.8.